The number of hydrogen-bond acceptors (Lipinski definition) is 2. The molecule has 1 fully saturated rings. The number of hydrogen-bond donors (Lipinski definition) is 0. The van der Waals surface area contributed by atoms with Gasteiger partial charge < -0.3 is 9.80 Å². The third-order valence-corrected chi connectivity index (χ3v) is 4.59. The van der Waals surface area contributed by atoms with Crippen molar-refractivity contribution in [3.63, 3.8) is 0 Å². The lowest BCUT2D eigenvalue weighted by atomic mass is 10.0. The van der Waals surface area contributed by atoms with E-state index in [1.165, 1.54) is 12.1 Å². The summed E-state index contributed by atoms with van der Waals surface area (Å²) in [5, 5.41) is 0. The Morgan fingerprint density at radius 2 is 1.61 bits per heavy atom. The molecule has 3 nitrogen and oxygen atoms in total. The molecule has 0 aliphatic carbocycles. The highest BCUT2D eigenvalue weighted by Crippen LogP contribution is 2.19. The molecule has 0 atom stereocenters. The van der Waals surface area contributed by atoms with Crippen molar-refractivity contribution < 1.29 is 9.18 Å². The lowest BCUT2D eigenvalue weighted by molar-refractivity contribution is 0.0746. The molecule has 0 radical (unpaired) electrons. The van der Waals surface area contributed by atoms with Crippen LogP contribution in [0.5, 0.6) is 0 Å². The first-order chi connectivity index (χ1) is 11.1. The highest BCUT2D eigenvalue weighted by Gasteiger charge is 2.23. The van der Waals surface area contributed by atoms with Crippen LogP contribution in [0.15, 0.2) is 42.5 Å². The maximum atomic E-state index is 13.0. The molecule has 23 heavy (non-hydrogen) atoms. The van der Waals surface area contributed by atoms with E-state index in [2.05, 4.69) is 4.90 Å². The average molecular weight is 312 g/mol. The van der Waals surface area contributed by atoms with E-state index in [0.29, 0.717) is 13.1 Å². The van der Waals surface area contributed by atoms with Crippen molar-refractivity contribution in [1.82, 2.24) is 4.90 Å². The Labute approximate surface area is 136 Å². The maximum Gasteiger partial charge on any atom is 0.254 e. The van der Waals surface area contributed by atoms with Crippen molar-refractivity contribution >= 4 is 11.6 Å². The Hall–Kier alpha value is -2.36. The predicted octanol–water partition coefficient (Wildman–Crippen LogP) is 3.40. The first kappa shape index (κ1) is 15.5. The SMILES string of the molecule is Cc1cccc(C(=O)N2CCN(c3ccc(F)cc3)CC2)c1C. The molecule has 1 amide bonds. The third-order valence-electron chi connectivity index (χ3n) is 4.59. The lowest BCUT2D eigenvalue weighted by Gasteiger charge is -2.36. The van der Waals surface area contributed by atoms with Gasteiger partial charge in [-0.25, -0.2) is 4.39 Å². The van der Waals surface area contributed by atoms with E-state index in [0.717, 1.165) is 35.5 Å². The van der Waals surface area contributed by atoms with Crippen LogP contribution < -0.4 is 4.90 Å². The fraction of sp³-hybridized carbons (Fsp3) is 0.316. The smallest absolute Gasteiger partial charge is 0.254 e. The van der Waals surface area contributed by atoms with Gasteiger partial charge in [0.15, 0.2) is 0 Å². The van der Waals surface area contributed by atoms with Crippen molar-refractivity contribution in [3.05, 3.63) is 65.0 Å². The van der Waals surface area contributed by atoms with Crippen LogP contribution in [-0.2, 0) is 0 Å². The van der Waals surface area contributed by atoms with Crippen LogP contribution in [0, 0.1) is 19.7 Å². The molecular weight excluding hydrogens is 291 g/mol. The topological polar surface area (TPSA) is 23.6 Å². The summed E-state index contributed by atoms with van der Waals surface area (Å²) in [7, 11) is 0. The second kappa shape index (κ2) is 6.41. The molecule has 1 aliphatic heterocycles. The first-order valence-electron chi connectivity index (χ1n) is 7.92. The zero-order valence-electron chi connectivity index (χ0n) is 13.6. The lowest BCUT2D eigenvalue weighted by Crippen LogP contribution is -2.49. The van der Waals surface area contributed by atoms with Crippen molar-refractivity contribution in [2.45, 2.75) is 13.8 Å². The van der Waals surface area contributed by atoms with Crippen molar-refractivity contribution in [1.29, 1.82) is 0 Å². The molecule has 120 valence electrons. The van der Waals surface area contributed by atoms with Crippen LogP contribution in [-0.4, -0.2) is 37.0 Å². The van der Waals surface area contributed by atoms with Gasteiger partial charge in [-0.15, -0.1) is 0 Å². The number of nitrogens with zero attached hydrogens (tertiary/aromatic N) is 2. The monoisotopic (exact) mass is 312 g/mol. The molecule has 0 saturated carbocycles. The summed E-state index contributed by atoms with van der Waals surface area (Å²) >= 11 is 0. The third kappa shape index (κ3) is 3.21. The summed E-state index contributed by atoms with van der Waals surface area (Å²) in [5.74, 6) is -0.123. The summed E-state index contributed by atoms with van der Waals surface area (Å²) in [4.78, 5) is 16.8. The molecule has 1 saturated heterocycles. The summed E-state index contributed by atoms with van der Waals surface area (Å²) in [6.45, 7) is 6.92. The number of carbonyl (C=O) groups excluding carboxylic acids is 1. The number of anilines is 1. The number of piperazine rings is 1. The first-order valence-corrected chi connectivity index (χ1v) is 7.92. The number of rotatable bonds is 2. The van der Waals surface area contributed by atoms with Gasteiger partial charge in [-0.2, -0.15) is 0 Å². The average Bonchev–Trinajstić information content (AvgIpc) is 2.58. The van der Waals surface area contributed by atoms with Crippen LogP contribution in [0.4, 0.5) is 10.1 Å². The van der Waals surface area contributed by atoms with Crippen molar-refractivity contribution in [3.8, 4) is 0 Å². The van der Waals surface area contributed by atoms with Gasteiger partial charge >= 0.3 is 0 Å². The van der Waals surface area contributed by atoms with Gasteiger partial charge in [0.2, 0.25) is 0 Å². The van der Waals surface area contributed by atoms with Gasteiger partial charge in [0, 0.05) is 37.4 Å². The Balaban J connectivity index is 1.68. The molecule has 3 rings (SSSR count). The van der Waals surface area contributed by atoms with Crippen LogP contribution in [0.3, 0.4) is 0 Å². The molecule has 1 heterocycles. The van der Waals surface area contributed by atoms with Gasteiger partial charge in [0.05, 0.1) is 0 Å². The van der Waals surface area contributed by atoms with E-state index in [1.807, 2.05) is 36.9 Å². The van der Waals surface area contributed by atoms with Gasteiger partial charge in [0.1, 0.15) is 5.82 Å². The zero-order chi connectivity index (χ0) is 16.4. The molecule has 4 heteroatoms. The number of benzene rings is 2. The largest absolute Gasteiger partial charge is 0.368 e. The summed E-state index contributed by atoms with van der Waals surface area (Å²) in [6.07, 6.45) is 0. The number of carbonyl (C=O) groups is 1. The maximum absolute atomic E-state index is 13.0. The van der Waals surface area contributed by atoms with E-state index in [9.17, 15) is 9.18 Å². The van der Waals surface area contributed by atoms with E-state index in [-0.39, 0.29) is 11.7 Å². The molecule has 0 unspecified atom stereocenters. The highest BCUT2D eigenvalue weighted by molar-refractivity contribution is 5.96. The van der Waals surface area contributed by atoms with Crippen molar-refractivity contribution in [2.75, 3.05) is 31.1 Å². The molecule has 2 aromatic carbocycles. The normalized spacial score (nSPS) is 14.9. The standard InChI is InChI=1S/C19H21FN2O/c1-14-4-3-5-18(15(14)2)19(23)22-12-10-21(11-13-22)17-8-6-16(20)7-9-17/h3-9H,10-13H2,1-2H3. The summed E-state index contributed by atoms with van der Waals surface area (Å²) in [5.41, 5.74) is 3.99. The number of amides is 1. The Bertz CT molecular complexity index is 704. The van der Waals surface area contributed by atoms with Crippen LogP contribution in [0.2, 0.25) is 0 Å². The van der Waals surface area contributed by atoms with E-state index >= 15 is 0 Å². The second-order valence-electron chi connectivity index (χ2n) is 6.00. The van der Waals surface area contributed by atoms with E-state index in [4.69, 9.17) is 0 Å². The quantitative estimate of drug-likeness (QED) is 0.848. The summed E-state index contributed by atoms with van der Waals surface area (Å²) in [6, 6.07) is 12.4. The molecule has 1 aliphatic rings. The Morgan fingerprint density at radius 1 is 0.957 bits per heavy atom. The fourth-order valence-corrected chi connectivity index (χ4v) is 2.97. The van der Waals surface area contributed by atoms with Gasteiger partial charge in [-0.3, -0.25) is 4.79 Å². The van der Waals surface area contributed by atoms with Crippen LogP contribution >= 0.6 is 0 Å². The fourth-order valence-electron chi connectivity index (χ4n) is 2.97. The molecular formula is C19H21FN2O. The number of aryl methyl sites for hydroxylation is 1. The van der Waals surface area contributed by atoms with Crippen LogP contribution in [0.25, 0.3) is 0 Å². The molecule has 0 spiro atoms. The van der Waals surface area contributed by atoms with Gasteiger partial charge in [0.25, 0.3) is 5.91 Å². The minimum atomic E-state index is -0.225. The molecule has 0 aromatic heterocycles. The van der Waals surface area contributed by atoms with Crippen LogP contribution in [0.1, 0.15) is 21.5 Å². The number of halogens is 1. The minimum absolute atomic E-state index is 0.102. The highest BCUT2D eigenvalue weighted by atomic mass is 19.1. The van der Waals surface area contributed by atoms with Gasteiger partial charge in [-0.05, 0) is 55.3 Å². The van der Waals surface area contributed by atoms with Crippen molar-refractivity contribution in [2.24, 2.45) is 0 Å². The Kier molecular flexibility index (Phi) is 4.33. The van der Waals surface area contributed by atoms with Gasteiger partial charge in [-0.1, -0.05) is 12.1 Å². The minimum Gasteiger partial charge on any atom is -0.368 e. The zero-order valence-corrected chi connectivity index (χ0v) is 13.6. The molecule has 0 bridgehead atoms. The Morgan fingerprint density at radius 3 is 2.26 bits per heavy atom. The van der Waals surface area contributed by atoms with E-state index < -0.39 is 0 Å². The summed E-state index contributed by atoms with van der Waals surface area (Å²) < 4.78 is 13.0. The second-order valence-corrected chi connectivity index (χ2v) is 6.00. The molecule has 0 N–H and O–H groups in total. The molecule has 2 aromatic rings. The van der Waals surface area contributed by atoms with E-state index in [1.54, 1.807) is 12.1 Å². The predicted molar refractivity (Wildman–Crippen MR) is 90.4 cm³/mol.